The molecule has 1 saturated heterocycles. The van der Waals surface area contributed by atoms with Gasteiger partial charge < -0.3 is 4.90 Å². The lowest BCUT2D eigenvalue weighted by atomic mass is 10.1. The number of hydrogen-bond acceptors (Lipinski definition) is 4. The van der Waals surface area contributed by atoms with E-state index in [0.29, 0.717) is 9.23 Å². The Kier molecular flexibility index (Phi) is 5.64. The molecule has 0 saturated carbocycles. The fourth-order valence-corrected chi connectivity index (χ4v) is 3.97. The zero-order valence-corrected chi connectivity index (χ0v) is 15.1. The second kappa shape index (κ2) is 7.29. The molecule has 0 N–H and O–H groups in total. The number of anilines is 1. The molecule has 1 aliphatic rings. The Morgan fingerprint density at radius 3 is 2.27 bits per heavy atom. The Morgan fingerprint density at radius 1 is 1.23 bits per heavy atom. The van der Waals surface area contributed by atoms with Crippen LogP contribution in [0.2, 0.25) is 0 Å². The maximum Gasteiger partial charge on any atom is 0.266 e. The largest absolute Gasteiger partial charge is 0.372 e. The molecule has 0 bridgehead atoms. The van der Waals surface area contributed by atoms with E-state index in [1.54, 1.807) is 4.90 Å². The molecule has 0 spiro atoms. The molecule has 22 heavy (non-hydrogen) atoms. The Labute approximate surface area is 142 Å². The zero-order valence-electron chi connectivity index (χ0n) is 13.5. The molecule has 1 aliphatic heterocycles. The third-order valence-corrected chi connectivity index (χ3v) is 4.99. The highest BCUT2D eigenvalue weighted by Gasteiger charge is 2.33. The Bertz CT molecular complexity index is 589. The maximum absolute atomic E-state index is 12.4. The normalized spacial score (nSPS) is 17.0. The summed E-state index contributed by atoms with van der Waals surface area (Å²) >= 11 is 6.68. The van der Waals surface area contributed by atoms with Gasteiger partial charge in [-0.1, -0.05) is 36.1 Å². The summed E-state index contributed by atoms with van der Waals surface area (Å²) in [7, 11) is 0. The predicted molar refractivity (Wildman–Crippen MR) is 100 cm³/mol. The average Bonchev–Trinajstić information content (AvgIpc) is 2.76. The summed E-state index contributed by atoms with van der Waals surface area (Å²) in [5.41, 5.74) is 2.23. The van der Waals surface area contributed by atoms with Crippen molar-refractivity contribution in [1.29, 1.82) is 0 Å². The van der Waals surface area contributed by atoms with Crippen LogP contribution in [0.1, 0.15) is 33.3 Å². The maximum atomic E-state index is 12.4. The van der Waals surface area contributed by atoms with Crippen LogP contribution >= 0.6 is 24.0 Å². The summed E-state index contributed by atoms with van der Waals surface area (Å²) in [6, 6.07) is 8.40. The van der Waals surface area contributed by atoms with E-state index in [-0.39, 0.29) is 11.9 Å². The van der Waals surface area contributed by atoms with Gasteiger partial charge in [-0.3, -0.25) is 9.69 Å². The zero-order chi connectivity index (χ0) is 16.3. The number of rotatable bonds is 5. The first-order valence-electron chi connectivity index (χ1n) is 7.60. The molecule has 0 unspecified atom stereocenters. The van der Waals surface area contributed by atoms with Gasteiger partial charge in [0.15, 0.2) is 0 Å². The topological polar surface area (TPSA) is 23.6 Å². The molecule has 1 heterocycles. The number of benzene rings is 1. The minimum atomic E-state index is 0.0119. The van der Waals surface area contributed by atoms with E-state index in [2.05, 4.69) is 43.0 Å². The fourth-order valence-electron chi connectivity index (χ4n) is 2.45. The Morgan fingerprint density at radius 2 is 1.82 bits per heavy atom. The lowest BCUT2D eigenvalue weighted by molar-refractivity contribution is -0.123. The highest BCUT2D eigenvalue weighted by molar-refractivity contribution is 8.26. The number of thioether (sulfide) groups is 1. The van der Waals surface area contributed by atoms with E-state index in [0.717, 1.165) is 18.7 Å². The van der Waals surface area contributed by atoms with Gasteiger partial charge in [0.1, 0.15) is 4.32 Å². The van der Waals surface area contributed by atoms with Gasteiger partial charge in [0.05, 0.1) is 4.91 Å². The molecule has 0 aliphatic carbocycles. The van der Waals surface area contributed by atoms with Gasteiger partial charge in [0.2, 0.25) is 0 Å². The second-order valence-electron chi connectivity index (χ2n) is 5.41. The lowest BCUT2D eigenvalue weighted by Crippen LogP contribution is -2.34. The van der Waals surface area contributed by atoms with Crippen molar-refractivity contribution in [2.45, 2.75) is 33.7 Å². The smallest absolute Gasteiger partial charge is 0.266 e. The first-order chi connectivity index (χ1) is 10.5. The monoisotopic (exact) mass is 334 g/mol. The van der Waals surface area contributed by atoms with Crippen molar-refractivity contribution in [3.63, 3.8) is 0 Å². The highest BCUT2D eigenvalue weighted by atomic mass is 32.2. The van der Waals surface area contributed by atoms with Crippen LogP contribution in [0.25, 0.3) is 6.08 Å². The van der Waals surface area contributed by atoms with Crippen molar-refractivity contribution in [3.05, 3.63) is 34.7 Å². The summed E-state index contributed by atoms with van der Waals surface area (Å²) in [4.78, 5) is 17.0. The van der Waals surface area contributed by atoms with Crippen LogP contribution in [-0.4, -0.2) is 34.3 Å². The number of carbonyl (C=O) groups excluding carboxylic acids is 1. The van der Waals surface area contributed by atoms with E-state index in [4.69, 9.17) is 12.2 Å². The molecular weight excluding hydrogens is 312 g/mol. The van der Waals surface area contributed by atoms with Crippen LogP contribution in [0.3, 0.4) is 0 Å². The number of thiocarbonyl (C=S) groups is 1. The summed E-state index contributed by atoms with van der Waals surface area (Å²) in [5.74, 6) is 0.0119. The van der Waals surface area contributed by atoms with Crippen molar-refractivity contribution >= 4 is 46.0 Å². The van der Waals surface area contributed by atoms with Gasteiger partial charge in [0, 0.05) is 24.8 Å². The molecule has 0 radical (unpaired) electrons. The Hall–Kier alpha value is -1.33. The molecule has 1 amide bonds. The average molecular weight is 335 g/mol. The van der Waals surface area contributed by atoms with Gasteiger partial charge in [-0.2, -0.15) is 0 Å². The molecule has 0 aromatic heterocycles. The molecule has 1 aromatic carbocycles. The fraction of sp³-hybridized carbons (Fsp3) is 0.412. The predicted octanol–water partition coefficient (Wildman–Crippen LogP) is 4.14. The van der Waals surface area contributed by atoms with E-state index in [1.165, 1.54) is 17.4 Å². The second-order valence-corrected chi connectivity index (χ2v) is 7.09. The van der Waals surface area contributed by atoms with Gasteiger partial charge in [0.25, 0.3) is 5.91 Å². The van der Waals surface area contributed by atoms with E-state index >= 15 is 0 Å². The molecule has 1 aromatic rings. The number of nitrogens with zero attached hydrogens (tertiary/aromatic N) is 2. The summed E-state index contributed by atoms with van der Waals surface area (Å²) in [6.45, 7) is 10.2. The highest BCUT2D eigenvalue weighted by Crippen LogP contribution is 2.34. The first kappa shape index (κ1) is 17.0. The summed E-state index contributed by atoms with van der Waals surface area (Å²) < 4.78 is 0.644. The van der Waals surface area contributed by atoms with Gasteiger partial charge in [-0.15, -0.1) is 0 Å². The van der Waals surface area contributed by atoms with E-state index in [1.807, 2.05) is 19.9 Å². The van der Waals surface area contributed by atoms with Gasteiger partial charge in [-0.25, -0.2) is 0 Å². The van der Waals surface area contributed by atoms with Crippen molar-refractivity contribution < 1.29 is 4.79 Å². The van der Waals surface area contributed by atoms with E-state index in [9.17, 15) is 4.79 Å². The molecule has 118 valence electrons. The molecule has 2 rings (SSSR count). The minimum Gasteiger partial charge on any atom is -0.372 e. The lowest BCUT2D eigenvalue weighted by Gasteiger charge is -2.20. The first-order valence-corrected chi connectivity index (χ1v) is 8.82. The third kappa shape index (κ3) is 3.52. The number of amides is 1. The van der Waals surface area contributed by atoms with Crippen molar-refractivity contribution in [1.82, 2.24) is 4.90 Å². The van der Waals surface area contributed by atoms with Crippen LogP contribution in [0.15, 0.2) is 29.2 Å². The molecule has 0 atom stereocenters. The van der Waals surface area contributed by atoms with Gasteiger partial charge in [-0.05, 0) is 51.5 Å². The van der Waals surface area contributed by atoms with Crippen LogP contribution in [-0.2, 0) is 4.79 Å². The van der Waals surface area contributed by atoms with Crippen LogP contribution in [0, 0.1) is 0 Å². The number of carbonyl (C=O) groups is 1. The van der Waals surface area contributed by atoms with Crippen molar-refractivity contribution in [2.75, 3.05) is 18.0 Å². The molecule has 5 heteroatoms. The standard InChI is InChI=1S/C17H22N2OS2/c1-5-18(6-2)14-9-7-13(8-10-14)11-15-16(20)19(12(3)4)17(21)22-15/h7-12H,5-6H2,1-4H3. The quantitative estimate of drug-likeness (QED) is 0.596. The summed E-state index contributed by atoms with van der Waals surface area (Å²) in [6.07, 6.45) is 1.92. The molecule has 1 fully saturated rings. The van der Waals surface area contributed by atoms with Crippen LogP contribution in [0.4, 0.5) is 5.69 Å². The summed E-state index contributed by atoms with van der Waals surface area (Å²) in [5, 5.41) is 0. The minimum absolute atomic E-state index is 0.0119. The SMILES string of the molecule is CCN(CC)c1ccc(C=C2SC(=S)N(C(C)C)C2=O)cc1. The van der Waals surface area contributed by atoms with Crippen molar-refractivity contribution in [2.24, 2.45) is 0 Å². The molecule has 3 nitrogen and oxygen atoms in total. The van der Waals surface area contributed by atoms with Gasteiger partial charge >= 0.3 is 0 Å². The van der Waals surface area contributed by atoms with Crippen molar-refractivity contribution in [3.8, 4) is 0 Å². The Balaban J connectivity index is 2.20. The van der Waals surface area contributed by atoms with Crippen LogP contribution in [0.5, 0.6) is 0 Å². The molecular formula is C17H22N2OS2. The third-order valence-electron chi connectivity index (χ3n) is 3.66. The van der Waals surface area contributed by atoms with E-state index < -0.39 is 0 Å². The van der Waals surface area contributed by atoms with Crippen LogP contribution < -0.4 is 4.90 Å². The number of hydrogen-bond donors (Lipinski definition) is 0.